The zero-order chi connectivity index (χ0) is 15.9. The molecular formula is C19H23NO2. The van der Waals surface area contributed by atoms with Crippen LogP contribution in [0, 0.1) is 13.8 Å². The molecule has 0 bridgehead atoms. The Balaban J connectivity index is 2.21. The van der Waals surface area contributed by atoms with Gasteiger partial charge in [-0.3, -0.25) is 4.79 Å². The molecule has 0 spiro atoms. The molecule has 22 heavy (non-hydrogen) atoms. The Hall–Kier alpha value is -2.13. The Morgan fingerprint density at radius 2 is 1.68 bits per heavy atom. The van der Waals surface area contributed by atoms with Gasteiger partial charge in [0.25, 0.3) is 5.91 Å². The zero-order valence-electron chi connectivity index (χ0n) is 13.2. The van der Waals surface area contributed by atoms with Crippen molar-refractivity contribution < 1.29 is 9.90 Å². The summed E-state index contributed by atoms with van der Waals surface area (Å²) in [6.45, 7) is 4.03. The third-order valence-electron chi connectivity index (χ3n) is 3.87. The van der Waals surface area contributed by atoms with E-state index in [0.29, 0.717) is 6.42 Å². The highest BCUT2D eigenvalue weighted by Crippen LogP contribution is 2.20. The molecule has 0 aliphatic heterocycles. The highest BCUT2D eigenvalue weighted by Gasteiger charge is 2.18. The Kier molecular flexibility index (Phi) is 5.73. The number of aliphatic hydroxyl groups excluding tert-OH is 1. The van der Waals surface area contributed by atoms with Crippen molar-refractivity contribution in [3.63, 3.8) is 0 Å². The van der Waals surface area contributed by atoms with Crippen molar-refractivity contribution in [1.29, 1.82) is 0 Å². The van der Waals surface area contributed by atoms with Crippen LogP contribution in [0.4, 0.5) is 0 Å². The van der Waals surface area contributed by atoms with Crippen molar-refractivity contribution >= 4 is 5.91 Å². The fourth-order valence-corrected chi connectivity index (χ4v) is 2.71. The van der Waals surface area contributed by atoms with Gasteiger partial charge in [0.2, 0.25) is 0 Å². The lowest BCUT2D eigenvalue weighted by atomic mass is 9.99. The van der Waals surface area contributed by atoms with Crippen LogP contribution < -0.4 is 5.32 Å². The smallest absolute Gasteiger partial charge is 0.252 e. The minimum Gasteiger partial charge on any atom is -0.396 e. The van der Waals surface area contributed by atoms with E-state index >= 15 is 0 Å². The van der Waals surface area contributed by atoms with Crippen molar-refractivity contribution in [3.8, 4) is 0 Å². The first-order valence-electron chi connectivity index (χ1n) is 7.66. The lowest BCUT2D eigenvalue weighted by molar-refractivity contribution is 0.0931. The van der Waals surface area contributed by atoms with Crippen molar-refractivity contribution in [2.24, 2.45) is 0 Å². The van der Waals surface area contributed by atoms with E-state index in [2.05, 4.69) is 5.32 Å². The molecule has 0 radical (unpaired) electrons. The second-order valence-corrected chi connectivity index (χ2v) is 5.57. The van der Waals surface area contributed by atoms with Gasteiger partial charge in [0.05, 0.1) is 6.04 Å². The van der Waals surface area contributed by atoms with Crippen LogP contribution >= 0.6 is 0 Å². The molecule has 3 nitrogen and oxygen atoms in total. The molecular weight excluding hydrogens is 274 g/mol. The maximum atomic E-state index is 12.7. The van der Waals surface area contributed by atoms with E-state index in [4.69, 9.17) is 5.11 Å². The second-order valence-electron chi connectivity index (χ2n) is 5.57. The van der Waals surface area contributed by atoms with E-state index in [1.54, 1.807) is 0 Å². The quantitative estimate of drug-likeness (QED) is 0.856. The highest BCUT2D eigenvalue weighted by atomic mass is 16.3. The molecule has 0 fully saturated rings. The van der Waals surface area contributed by atoms with Gasteiger partial charge in [-0.25, -0.2) is 0 Å². The van der Waals surface area contributed by atoms with Gasteiger partial charge in [-0.2, -0.15) is 0 Å². The van der Waals surface area contributed by atoms with Crippen LogP contribution in [0.1, 0.15) is 45.9 Å². The monoisotopic (exact) mass is 297 g/mol. The first-order chi connectivity index (χ1) is 10.6. The average molecular weight is 297 g/mol. The number of aryl methyl sites for hydroxylation is 2. The van der Waals surface area contributed by atoms with Crippen LogP contribution in [-0.4, -0.2) is 17.6 Å². The molecule has 2 aromatic rings. The van der Waals surface area contributed by atoms with Gasteiger partial charge in [-0.1, -0.05) is 48.5 Å². The van der Waals surface area contributed by atoms with Gasteiger partial charge in [0, 0.05) is 12.2 Å². The SMILES string of the molecule is Cc1cccc(C)c1C(=O)NC(CCCO)c1ccccc1. The van der Waals surface area contributed by atoms with Gasteiger partial charge in [0.15, 0.2) is 0 Å². The number of carbonyl (C=O) groups is 1. The van der Waals surface area contributed by atoms with E-state index in [0.717, 1.165) is 28.7 Å². The van der Waals surface area contributed by atoms with E-state index in [1.807, 2.05) is 62.4 Å². The molecule has 3 heteroatoms. The number of carbonyl (C=O) groups excluding carboxylic acids is 1. The Morgan fingerprint density at radius 1 is 1.05 bits per heavy atom. The second kappa shape index (κ2) is 7.76. The lowest BCUT2D eigenvalue weighted by Gasteiger charge is -2.20. The largest absolute Gasteiger partial charge is 0.396 e. The molecule has 116 valence electrons. The summed E-state index contributed by atoms with van der Waals surface area (Å²) in [7, 11) is 0. The Bertz CT molecular complexity index is 602. The summed E-state index contributed by atoms with van der Waals surface area (Å²) < 4.78 is 0. The van der Waals surface area contributed by atoms with Crippen molar-refractivity contribution in [3.05, 3.63) is 70.8 Å². The number of rotatable bonds is 6. The molecule has 0 heterocycles. The molecule has 1 atom stereocenters. The highest BCUT2D eigenvalue weighted by molar-refractivity contribution is 5.97. The predicted octanol–water partition coefficient (Wildman–Crippen LogP) is 3.55. The maximum Gasteiger partial charge on any atom is 0.252 e. The van der Waals surface area contributed by atoms with Crippen LogP contribution in [0.15, 0.2) is 48.5 Å². The molecule has 1 unspecified atom stereocenters. The molecule has 0 saturated heterocycles. The van der Waals surface area contributed by atoms with E-state index in [9.17, 15) is 4.79 Å². The number of hydrogen-bond donors (Lipinski definition) is 2. The molecule has 1 amide bonds. The number of hydrogen-bond acceptors (Lipinski definition) is 2. The van der Waals surface area contributed by atoms with Crippen LogP contribution in [0.25, 0.3) is 0 Å². The van der Waals surface area contributed by atoms with Crippen LogP contribution in [0.5, 0.6) is 0 Å². The summed E-state index contributed by atoms with van der Waals surface area (Å²) in [6.07, 6.45) is 1.38. The summed E-state index contributed by atoms with van der Waals surface area (Å²) in [6, 6.07) is 15.7. The molecule has 0 saturated carbocycles. The van der Waals surface area contributed by atoms with Crippen molar-refractivity contribution in [1.82, 2.24) is 5.32 Å². The van der Waals surface area contributed by atoms with Gasteiger partial charge < -0.3 is 10.4 Å². The van der Waals surface area contributed by atoms with E-state index in [1.165, 1.54) is 0 Å². The molecule has 0 aliphatic carbocycles. The fraction of sp³-hybridized carbons (Fsp3) is 0.316. The average Bonchev–Trinajstić information content (AvgIpc) is 2.52. The maximum absolute atomic E-state index is 12.7. The minimum atomic E-state index is -0.0835. The molecule has 0 aromatic heterocycles. The van der Waals surface area contributed by atoms with E-state index < -0.39 is 0 Å². The summed E-state index contributed by atoms with van der Waals surface area (Å²) in [4.78, 5) is 12.7. The summed E-state index contributed by atoms with van der Waals surface area (Å²) >= 11 is 0. The minimum absolute atomic E-state index is 0.0533. The van der Waals surface area contributed by atoms with Gasteiger partial charge in [-0.05, 0) is 43.4 Å². The normalized spacial score (nSPS) is 12.0. The van der Waals surface area contributed by atoms with Crippen LogP contribution in [0.2, 0.25) is 0 Å². The Morgan fingerprint density at radius 3 is 2.27 bits per heavy atom. The van der Waals surface area contributed by atoms with Gasteiger partial charge >= 0.3 is 0 Å². The van der Waals surface area contributed by atoms with Crippen LogP contribution in [-0.2, 0) is 0 Å². The molecule has 2 N–H and O–H groups in total. The van der Waals surface area contributed by atoms with Crippen LogP contribution in [0.3, 0.4) is 0 Å². The summed E-state index contributed by atoms with van der Waals surface area (Å²) in [5.74, 6) is -0.0533. The fourth-order valence-electron chi connectivity index (χ4n) is 2.71. The lowest BCUT2D eigenvalue weighted by Crippen LogP contribution is -2.30. The third kappa shape index (κ3) is 3.95. The molecule has 2 rings (SSSR count). The third-order valence-corrected chi connectivity index (χ3v) is 3.87. The Labute approximate surface area is 132 Å². The summed E-state index contributed by atoms with van der Waals surface area (Å²) in [5.41, 5.74) is 3.76. The van der Waals surface area contributed by atoms with Crippen molar-refractivity contribution in [2.45, 2.75) is 32.7 Å². The van der Waals surface area contributed by atoms with E-state index in [-0.39, 0.29) is 18.6 Å². The predicted molar refractivity (Wildman–Crippen MR) is 88.9 cm³/mol. The number of nitrogens with one attached hydrogen (secondary N) is 1. The standard InChI is InChI=1S/C19H23NO2/c1-14-8-6-9-15(2)18(14)19(22)20-17(12-7-13-21)16-10-4-3-5-11-16/h3-6,8-11,17,21H,7,12-13H2,1-2H3,(H,20,22). The first-order valence-corrected chi connectivity index (χ1v) is 7.66. The molecule has 0 aliphatic rings. The van der Waals surface area contributed by atoms with Gasteiger partial charge in [0.1, 0.15) is 0 Å². The van der Waals surface area contributed by atoms with Crippen molar-refractivity contribution in [2.75, 3.05) is 6.61 Å². The van der Waals surface area contributed by atoms with Gasteiger partial charge in [-0.15, -0.1) is 0 Å². The first kappa shape index (κ1) is 16.2. The number of amides is 1. The zero-order valence-corrected chi connectivity index (χ0v) is 13.2. The molecule has 2 aromatic carbocycles. The number of aliphatic hydroxyl groups is 1. The number of benzene rings is 2. The summed E-state index contributed by atoms with van der Waals surface area (Å²) in [5, 5.41) is 12.2. The topological polar surface area (TPSA) is 49.3 Å².